The molecule has 1 aliphatic heterocycles. The molecule has 2 N–H and O–H groups in total. The number of benzene rings is 1. The number of ether oxygens (including phenoxy) is 1. The molecular formula is C13H15FN2O4. The minimum atomic E-state index is -1.05. The fourth-order valence-electron chi connectivity index (χ4n) is 2.18. The topological polar surface area (TPSA) is 78.9 Å². The van der Waals surface area contributed by atoms with Crippen LogP contribution in [0.2, 0.25) is 0 Å². The summed E-state index contributed by atoms with van der Waals surface area (Å²) in [6.45, 7) is 0.342. The number of nitrogens with zero attached hydrogens (tertiary/aromatic N) is 1. The molecule has 0 aromatic heterocycles. The Kier molecular flexibility index (Phi) is 4.07. The Morgan fingerprint density at radius 1 is 1.50 bits per heavy atom. The average Bonchev–Trinajstić information content (AvgIpc) is 2.90. The second kappa shape index (κ2) is 5.77. The number of likely N-dealkylation sites (tertiary alicyclic amines) is 1. The largest absolute Gasteiger partial charge is 0.497 e. The van der Waals surface area contributed by atoms with Crippen LogP contribution in [0.4, 0.5) is 14.9 Å². The van der Waals surface area contributed by atoms with Gasteiger partial charge in [0.05, 0.1) is 12.8 Å². The highest BCUT2D eigenvalue weighted by Crippen LogP contribution is 2.23. The van der Waals surface area contributed by atoms with E-state index in [1.54, 1.807) is 0 Å². The smallest absolute Gasteiger partial charge is 0.326 e. The van der Waals surface area contributed by atoms with Gasteiger partial charge in [0.15, 0.2) is 0 Å². The zero-order valence-corrected chi connectivity index (χ0v) is 10.9. The van der Waals surface area contributed by atoms with E-state index in [4.69, 9.17) is 9.84 Å². The second-order valence-electron chi connectivity index (χ2n) is 4.47. The Morgan fingerprint density at radius 3 is 2.90 bits per heavy atom. The zero-order valence-electron chi connectivity index (χ0n) is 10.9. The molecule has 0 radical (unpaired) electrons. The zero-order chi connectivity index (χ0) is 14.7. The summed E-state index contributed by atoms with van der Waals surface area (Å²) in [5.41, 5.74) is -0.0367. The number of carboxylic acids is 1. The van der Waals surface area contributed by atoms with Crippen LogP contribution in [-0.4, -0.2) is 41.7 Å². The minimum Gasteiger partial charge on any atom is -0.497 e. The number of anilines is 1. The van der Waals surface area contributed by atoms with E-state index >= 15 is 0 Å². The van der Waals surface area contributed by atoms with Gasteiger partial charge in [0.1, 0.15) is 17.6 Å². The van der Waals surface area contributed by atoms with Crippen molar-refractivity contribution in [2.45, 2.75) is 18.9 Å². The minimum absolute atomic E-state index is 0.0367. The van der Waals surface area contributed by atoms with Gasteiger partial charge in [0, 0.05) is 12.6 Å². The quantitative estimate of drug-likeness (QED) is 0.887. The maximum absolute atomic E-state index is 13.6. The lowest BCUT2D eigenvalue weighted by Gasteiger charge is -2.22. The van der Waals surface area contributed by atoms with Crippen LogP contribution >= 0.6 is 0 Å². The monoisotopic (exact) mass is 282 g/mol. The summed E-state index contributed by atoms with van der Waals surface area (Å²) in [4.78, 5) is 24.2. The first-order valence-electron chi connectivity index (χ1n) is 6.17. The second-order valence-corrected chi connectivity index (χ2v) is 4.47. The van der Waals surface area contributed by atoms with E-state index in [1.165, 1.54) is 30.2 Å². The van der Waals surface area contributed by atoms with Crippen molar-refractivity contribution in [1.29, 1.82) is 0 Å². The van der Waals surface area contributed by atoms with Gasteiger partial charge in [-0.1, -0.05) is 0 Å². The van der Waals surface area contributed by atoms with Gasteiger partial charge in [-0.3, -0.25) is 0 Å². The molecule has 0 saturated carbocycles. The summed E-state index contributed by atoms with van der Waals surface area (Å²) >= 11 is 0. The average molecular weight is 282 g/mol. The predicted octanol–water partition coefficient (Wildman–Crippen LogP) is 1.92. The Bertz CT molecular complexity index is 535. The summed E-state index contributed by atoms with van der Waals surface area (Å²) in [5, 5.41) is 11.4. The lowest BCUT2D eigenvalue weighted by atomic mass is 10.2. The Morgan fingerprint density at radius 2 is 2.25 bits per heavy atom. The van der Waals surface area contributed by atoms with Crippen molar-refractivity contribution in [3.05, 3.63) is 24.0 Å². The lowest BCUT2D eigenvalue weighted by molar-refractivity contribution is -0.141. The number of carbonyl (C=O) groups is 2. The Hall–Kier alpha value is -2.31. The predicted molar refractivity (Wildman–Crippen MR) is 69.3 cm³/mol. The number of methoxy groups -OCH3 is 1. The fourth-order valence-corrected chi connectivity index (χ4v) is 2.18. The Labute approximate surface area is 115 Å². The van der Waals surface area contributed by atoms with E-state index in [0.29, 0.717) is 25.1 Å². The third-order valence-corrected chi connectivity index (χ3v) is 3.21. The number of hydrogen-bond donors (Lipinski definition) is 2. The van der Waals surface area contributed by atoms with Gasteiger partial charge in [-0.15, -0.1) is 0 Å². The highest BCUT2D eigenvalue weighted by atomic mass is 19.1. The molecule has 2 amide bonds. The highest BCUT2D eigenvalue weighted by Gasteiger charge is 2.34. The molecule has 0 spiro atoms. The summed E-state index contributed by atoms with van der Waals surface area (Å²) in [6, 6.07) is 2.47. The maximum atomic E-state index is 13.6. The van der Waals surface area contributed by atoms with Crippen LogP contribution in [0, 0.1) is 5.82 Å². The molecule has 6 nitrogen and oxygen atoms in total. The van der Waals surface area contributed by atoms with Crippen molar-refractivity contribution in [1.82, 2.24) is 4.90 Å². The number of amides is 2. The van der Waals surface area contributed by atoms with Crippen LogP contribution in [0.5, 0.6) is 5.75 Å². The Balaban J connectivity index is 2.13. The molecule has 1 atom stereocenters. The van der Waals surface area contributed by atoms with E-state index < -0.39 is 23.9 Å². The molecule has 7 heteroatoms. The molecule has 20 heavy (non-hydrogen) atoms. The van der Waals surface area contributed by atoms with Crippen molar-refractivity contribution in [3.8, 4) is 5.75 Å². The molecule has 0 bridgehead atoms. The fraction of sp³-hybridized carbons (Fsp3) is 0.385. The summed E-state index contributed by atoms with van der Waals surface area (Å²) in [5.74, 6) is -1.26. The van der Waals surface area contributed by atoms with Crippen LogP contribution in [0.3, 0.4) is 0 Å². The van der Waals surface area contributed by atoms with Crippen molar-refractivity contribution >= 4 is 17.7 Å². The number of halogens is 1. The van der Waals surface area contributed by atoms with E-state index in [1.807, 2.05) is 0 Å². The molecule has 1 aromatic rings. The van der Waals surface area contributed by atoms with Crippen molar-refractivity contribution in [2.75, 3.05) is 19.0 Å². The number of nitrogens with one attached hydrogen (secondary N) is 1. The molecule has 1 aromatic carbocycles. The van der Waals surface area contributed by atoms with Gasteiger partial charge < -0.3 is 20.1 Å². The SMILES string of the molecule is COc1ccc(F)c(NC(=O)N2CCCC2C(=O)O)c1. The third kappa shape index (κ3) is 2.81. The molecule has 1 fully saturated rings. The van der Waals surface area contributed by atoms with Crippen LogP contribution in [-0.2, 0) is 4.79 Å². The standard InChI is InChI=1S/C13H15FN2O4/c1-20-8-4-5-9(14)10(7-8)15-13(19)16-6-2-3-11(16)12(17)18/h4-5,7,11H,2-3,6H2,1H3,(H,15,19)(H,17,18). The summed E-state index contributed by atoms with van der Waals surface area (Å²) in [6.07, 6.45) is 1.02. The number of urea groups is 1. The van der Waals surface area contributed by atoms with Gasteiger partial charge >= 0.3 is 12.0 Å². The molecule has 1 unspecified atom stereocenters. The first-order chi connectivity index (χ1) is 9.52. The van der Waals surface area contributed by atoms with Crippen molar-refractivity contribution in [3.63, 3.8) is 0 Å². The van der Waals surface area contributed by atoms with Crippen molar-refractivity contribution in [2.24, 2.45) is 0 Å². The van der Waals surface area contributed by atoms with Gasteiger partial charge in [0.2, 0.25) is 0 Å². The molecule has 1 aliphatic rings. The number of aliphatic carboxylic acids is 1. The summed E-state index contributed by atoms with van der Waals surface area (Å²) < 4.78 is 18.6. The normalized spacial score (nSPS) is 17.9. The number of rotatable bonds is 3. The van der Waals surface area contributed by atoms with Crippen LogP contribution < -0.4 is 10.1 Å². The molecular weight excluding hydrogens is 267 g/mol. The van der Waals surface area contributed by atoms with E-state index in [2.05, 4.69) is 5.32 Å². The molecule has 1 heterocycles. The third-order valence-electron chi connectivity index (χ3n) is 3.21. The summed E-state index contributed by atoms with van der Waals surface area (Å²) in [7, 11) is 1.43. The van der Waals surface area contributed by atoms with E-state index in [9.17, 15) is 14.0 Å². The van der Waals surface area contributed by atoms with Gasteiger partial charge in [-0.05, 0) is 25.0 Å². The van der Waals surface area contributed by atoms with Crippen LogP contribution in [0.25, 0.3) is 0 Å². The number of carbonyl (C=O) groups excluding carboxylic acids is 1. The van der Waals surface area contributed by atoms with E-state index in [0.717, 1.165) is 0 Å². The highest BCUT2D eigenvalue weighted by molar-refractivity contribution is 5.93. The van der Waals surface area contributed by atoms with Crippen LogP contribution in [0.15, 0.2) is 18.2 Å². The van der Waals surface area contributed by atoms with Crippen molar-refractivity contribution < 1.29 is 23.8 Å². The molecule has 1 saturated heterocycles. The first kappa shape index (κ1) is 14.1. The van der Waals surface area contributed by atoms with Gasteiger partial charge in [-0.2, -0.15) is 0 Å². The van der Waals surface area contributed by atoms with Crippen LogP contribution in [0.1, 0.15) is 12.8 Å². The first-order valence-corrected chi connectivity index (χ1v) is 6.17. The maximum Gasteiger partial charge on any atom is 0.326 e. The van der Waals surface area contributed by atoms with E-state index in [-0.39, 0.29) is 5.69 Å². The number of carboxylic acid groups (broad SMARTS) is 1. The molecule has 0 aliphatic carbocycles. The van der Waals surface area contributed by atoms with Gasteiger partial charge in [0.25, 0.3) is 0 Å². The number of hydrogen-bond acceptors (Lipinski definition) is 3. The molecule has 108 valence electrons. The lowest BCUT2D eigenvalue weighted by Crippen LogP contribution is -2.42. The molecule has 2 rings (SSSR count). The van der Waals surface area contributed by atoms with Gasteiger partial charge in [-0.25, -0.2) is 14.0 Å².